The fourth-order valence-corrected chi connectivity index (χ4v) is 3.83. The van der Waals surface area contributed by atoms with Crippen molar-refractivity contribution >= 4 is 51.7 Å². The number of nitrogens with one attached hydrogen (secondary N) is 1. The molecule has 2 aromatic carbocycles. The number of carbonyl (C=O) groups is 1. The lowest BCUT2D eigenvalue weighted by Crippen LogP contribution is -2.26. The molecular formula is C17H11Cl2F3N2OS. The number of halogens is 5. The fraction of sp³-hybridized carbons (Fsp3) is 0.176. The number of hydrogen-bond donors (Lipinski definition) is 1. The van der Waals surface area contributed by atoms with E-state index in [9.17, 15) is 18.0 Å². The van der Waals surface area contributed by atoms with Crippen LogP contribution in [0.15, 0.2) is 47.5 Å². The maximum atomic E-state index is 12.8. The van der Waals surface area contributed by atoms with Crippen LogP contribution < -0.4 is 5.32 Å². The molecule has 9 heteroatoms. The minimum atomic E-state index is -4.42. The van der Waals surface area contributed by atoms with Crippen LogP contribution in [-0.2, 0) is 17.4 Å². The van der Waals surface area contributed by atoms with Crippen molar-refractivity contribution in [3.63, 3.8) is 0 Å². The molecule has 1 aliphatic rings. The highest BCUT2D eigenvalue weighted by molar-refractivity contribution is 8.15. The minimum absolute atomic E-state index is 0.161. The average Bonchev–Trinajstić information content (AvgIpc) is 2.89. The molecule has 1 fully saturated rings. The second kappa shape index (κ2) is 7.50. The molecule has 1 saturated heterocycles. The lowest BCUT2D eigenvalue weighted by atomic mass is 10.1. The van der Waals surface area contributed by atoms with E-state index in [4.69, 9.17) is 23.2 Å². The highest BCUT2D eigenvalue weighted by atomic mass is 35.5. The molecule has 0 saturated carbocycles. The van der Waals surface area contributed by atoms with Gasteiger partial charge in [0.25, 0.3) is 0 Å². The van der Waals surface area contributed by atoms with Crippen molar-refractivity contribution in [2.24, 2.45) is 4.99 Å². The number of nitrogens with zero attached hydrogens (tertiary/aromatic N) is 1. The van der Waals surface area contributed by atoms with E-state index >= 15 is 0 Å². The normalized spacial score (nSPS) is 19.0. The number of benzene rings is 2. The first-order chi connectivity index (χ1) is 12.2. The zero-order valence-corrected chi connectivity index (χ0v) is 15.3. The average molecular weight is 419 g/mol. The molecule has 1 unspecified atom stereocenters. The lowest BCUT2D eigenvalue weighted by molar-refractivity contribution is -0.137. The number of thioether (sulfide) groups is 1. The van der Waals surface area contributed by atoms with E-state index in [1.54, 1.807) is 18.2 Å². The molecule has 1 amide bonds. The van der Waals surface area contributed by atoms with Crippen molar-refractivity contribution < 1.29 is 18.0 Å². The van der Waals surface area contributed by atoms with Crippen LogP contribution in [0.5, 0.6) is 0 Å². The Labute approximate surface area is 161 Å². The second-order valence-corrected chi connectivity index (χ2v) is 7.55. The van der Waals surface area contributed by atoms with Crippen LogP contribution in [0.2, 0.25) is 10.0 Å². The first-order valence-corrected chi connectivity index (χ1v) is 9.03. The van der Waals surface area contributed by atoms with Gasteiger partial charge in [-0.3, -0.25) is 4.79 Å². The van der Waals surface area contributed by atoms with Gasteiger partial charge in [0.1, 0.15) is 0 Å². The van der Waals surface area contributed by atoms with Gasteiger partial charge in [0.15, 0.2) is 5.17 Å². The Hall–Kier alpha value is -1.70. The molecule has 136 valence electrons. The Kier molecular flexibility index (Phi) is 5.50. The van der Waals surface area contributed by atoms with Gasteiger partial charge in [-0.05, 0) is 36.2 Å². The van der Waals surface area contributed by atoms with Gasteiger partial charge in [0, 0.05) is 5.02 Å². The third kappa shape index (κ3) is 4.52. The van der Waals surface area contributed by atoms with Crippen molar-refractivity contribution in [3.8, 4) is 0 Å². The standard InChI is InChI=1S/C17H11Cl2F3N2OS/c18-11-4-5-13(12(19)8-11)23-16-24-15(25)14(26-16)7-9-2-1-3-10(6-9)17(20,21)22/h1-6,8,14H,7H2,(H,23,24,25). The van der Waals surface area contributed by atoms with E-state index in [1.165, 1.54) is 12.1 Å². The number of alkyl halides is 3. The quantitative estimate of drug-likeness (QED) is 0.717. The topological polar surface area (TPSA) is 41.5 Å². The van der Waals surface area contributed by atoms with Crippen LogP contribution in [-0.4, -0.2) is 16.3 Å². The minimum Gasteiger partial charge on any atom is -0.304 e. The highest BCUT2D eigenvalue weighted by Crippen LogP contribution is 2.33. The van der Waals surface area contributed by atoms with Crippen molar-refractivity contribution in [2.75, 3.05) is 0 Å². The Morgan fingerprint density at radius 1 is 1.15 bits per heavy atom. The molecule has 0 radical (unpaired) electrons. The summed E-state index contributed by atoms with van der Waals surface area (Å²) in [5.41, 5.74) is 0.136. The van der Waals surface area contributed by atoms with Crippen molar-refractivity contribution in [3.05, 3.63) is 63.6 Å². The number of rotatable bonds is 3. The molecule has 1 heterocycles. The molecule has 26 heavy (non-hydrogen) atoms. The van der Waals surface area contributed by atoms with Gasteiger partial charge in [-0.1, -0.05) is 53.2 Å². The Morgan fingerprint density at radius 3 is 2.62 bits per heavy atom. The fourth-order valence-electron chi connectivity index (χ4n) is 2.36. The van der Waals surface area contributed by atoms with Gasteiger partial charge in [0.05, 0.1) is 21.5 Å². The summed E-state index contributed by atoms with van der Waals surface area (Å²) in [6.45, 7) is 0. The summed E-state index contributed by atoms with van der Waals surface area (Å²) in [7, 11) is 0. The molecular weight excluding hydrogens is 408 g/mol. The number of amides is 1. The van der Waals surface area contributed by atoms with Crippen LogP contribution in [0, 0.1) is 0 Å². The van der Waals surface area contributed by atoms with Gasteiger partial charge >= 0.3 is 6.18 Å². The van der Waals surface area contributed by atoms with E-state index in [1.807, 2.05) is 0 Å². The van der Waals surface area contributed by atoms with Gasteiger partial charge in [-0.25, -0.2) is 4.99 Å². The molecule has 1 N–H and O–H groups in total. The third-order valence-electron chi connectivity index (χ3n) is 3.58. The van der Waals surface area contributed by atoms with Gasteiger partial charge < -0.3 is 5.32 Å². The van der Waals surface area contributed by atoms with Crippen molar-refractivity contribution in [1.29, 1.82) is 0 Å². The van der Waals surface area contributed by atoms with Gasteiger partial charge in [-0.15, -0.1) is 0 Å². The first-order valence-electron chi connectivity index (χ1n) is 7.40. The molecule has 0 aliphatic carbocycles. The molecule has 3 nitrogen and oxygen atoms in total. The summed E-state index contributed by atoms with van der Waals surface area (Å²) < 4.78 is 38.4. The zero-order valence-electron chi connectivity index (χ0n) is 13.0. The maximum Gasteiger partial charge on any atom is 0.416 e. The van der Waals surface area contributed by atoms with E-state index in [0.717, 1.165) is 23.9 Å². The van der Waals surface area contributed by atoms with Crippen molar-refractivity contribution in [1.82, 2.24) is 5.32 Å². The summed E-state index contributed by atoms with van der Waals surface area (Å²) in [6, 6.07) is 9.72. The van der Waals surface area contributed by atoms with Crippen LogP contribution in [0.4, 0.5) is 18.9 Å². The Balaban J connectivity index is 1.75. The third-order valence-corrected chi connectivity index (χ3v) is 5.20. The molecule has 1 aliphatic heterocycles. The van der Waals surface area contributed by atoms with E-state index in [-0.39, 0.29) is 12.3 Å². The molecule has 0 bridgehead atoms. The van der Waals surface area contributed by atoms with E-state index in [0.29, 0.717) is 26.5 Å². The summed E-state index contributed by atoms with van der Waals surface area (Å²) >= 11 is 13.0. The summed E-state index contributed by atoms with van der Waals surface area (Å²) in [5, 5.41) is 3.19. The zero-order chi connectivity index (χ0) is 18.9. The first kappa shape index (κ1) is 19.1. The van der Waals surface area contributed by atoms with Crippen LogP contribution in [0.1, 0.15) is 11.1 Å². The largest absolute Gasteiger partial charge is 0.416 e. The number of aliphatic imine (C=N–C) groups is 1. The Bertz CT molecular complexity index is 887. The maximum absolute atomic E-state index is 12.8. The Morgan fingerprint density at radius 2 is 1.92 bits per heavy atom. The van der Waals surface area contributed by atoms with Crippen LogP contribution in [0.3, 0.4) is 0 Å². The van der Waals surface area contributed by atoms with Crippen LogP contribution >= 0.6 is 35.0 Å². The number of hydrogen-bond acceptors (Lipinski definition) is 3. The van der Waals surface area contributed by atoms with Crippen molar-refractivity contribution in [2.45, 2.75) is 17.8 Å². The van der Waals surface area contributed by atoms with Gasteiger partial charge in [-0.2, -0.15) is 13.2 Å². The second-order valence-electron chi connectivity index (χ2n) is 5.51. The number of amidine groups is 1. The molecule has 1 atom stereocenters. The van der Waals surface area contributed by atoms with E-state index in [2.05, 4.69) is 10.3 Å². The lowest BCUT2D eigenvalue weighted by Gasteiger charge is -2.10. The summed E-state index contributed by atoms with van der Waals surface area (Å²) in [6.07, 6.45) is -4.26. The smallest absolute Gasteiger partial charge is 0.304 e. The molecule has 3 rings (SSSR count). The molecule has 0 spiro atoms. The number of carbonyl (C=O) groups excluding carboxylic acids is 1. The van der Waals surface area contributed by atoms with Crippen LogP contribution in [0.25, 0.3) is 0 Å². The van der Waals surface area contributed by atoms with E-state index < -0.39 is 17.0 Å². The SMILES string of the molecule is O=C1N/C(=N\c2ccc(Cl)cc2Cl)SC1Cc1cccc(C(F)(F)F)c1. The monoisotopic (exact) mass is 418 g/mol. The van der Waals surface area contributed by atoms with Gasteiger partial charge in [0.2, 0.25) is 5.91 Å². The predicted octanol–water partition coefficient (Wildman–Crippen LogP) is 5.47. The predicted molar refractivity (Wildman–Crippen MR) is 98.2 cm³/mol. The highest BCUT2D eigenvalue weighted by Gasteiger charge is 2.33. The summed E-state index contributed by atoms with van der Waals surface area (Å²) in [4.78, 5) is 16.4. The molecule has 0 aromatic heterocycles. The molecule has 2 aromatic rings. The summed E-state index contributed by atoms with van der Waals surface area (Å²) in [5.74, 6) is -0.309.